The van der Waals surface area contributed by atoms with E-state index in [-0.39, 0.29) is 18.1 Å². The Bertz CT molecular complexity index is 593. The molecule has 0 radical (unpaired) electrons. The summed E-state index contributed by atoms with van der Waals surface area (Å²) >= 11 is 0. The highest BCUT2D eigenvalue weighted by Gasteiger charge is 2.33. The zero-order chi connectivity index (χ0) is 16.4. The Kier molecular flexibility index (Phi) is 5.30. The molecule has 4 nitrogen and oxygen atoms in total. The topological polar surface area (TPSA) is 57.6 Å². The van der Waals surface area contributed by atoms with Gasteiger partial charge in [0, 0.05) is 12.6 Å². The van der Waals surface area contributed by atoms with Crippen molar-refractivity contribution in [2.75, 3.05) is 13.2 Å². The molecular formula is C17H27NO3S. The van der Waals surface area contributed by atoms with Crippen LogP contribution in [0.15, 0.2) is 29.2 Å². The zero-order valence-corrected chi connectivity index (χ0v) is 14.6. The Morgan fingerprint density at radius 3 is 2.41 bits per heavy atom. The van der Waals surface area contributed by atoms with Crippen LogP contribution in [-0.4, -0.2) is 37.0 Å². The second-order valence-corrected chi connectivity index (χ2v) is 8.60. The molecule has 0 bridgehead atoms. The average molecular weight is 325 g/mol. The number of aliphatic hydroxyl groups excluding tert-OH is 1. The maximum atomic E-state index is 12.8. The number of nitrogens with zero attached hydrogens (tertiary/aromatic N) is 1. The minimum atomic E-state index is -3.52. The molecule has 1 N–H and O–H groups in total. The molecule has 0 saturated carbocycles. The second-order valence-electron chi connectivity index (χ2n) is 6.71. The maximum Gasteiger partial charge on any atom is 0.243 e. The summed E-state index contributed by atoms with van der Waals surface area (Å²) < 4.78 is 27.1. The monoisotopic (exact) mass is 325 g/mol. The zero-order valence-electron chi connectivity index (χ0n) is 13.7. The molecule has 22 heavy (non-hydrogen) atoms. The fraction of sp³-hybridized carbons (Fsp3) is 0.647. The average Bonchev–Trinajstić information content (AvgIpc) is 2.54. The van der Waals surface area contributed by atoms with E-state index in [2.05, 4.69) is 20.8 Å². The number of benzene rings is 1. The third kappa shape index (κ3) is 3.36. The van der Waals surface area contributed by atoms with Crippen molar-refractivity contribution in [2.24, 2.45) is 0 Å². The van der Waals surface area contributed by atoms with Gasteiger partial charge in [-0.05, 0) is 42.4 Å². The van der Waals surface area contributed by atoms with Crippen LogP contribution < -0.4 is 0 Å². The predicted molar refractivity (Wildman–Crippen MR) is 88.4 cm³/mol. The van der Waals surface area contributed by atoms with Crippen LogP contribution in [0.3, 0.4) is 0 Å². The number of sulfonamides is 1. The Labute approximate surface area is 134 Å². The van der Waals surface area contributed by atoms with E-state index >= 15 is 0 Å². The van der Waals surface area contributed by atoms with E-state index in [1.54, 1.807) is 12.1 Å². The lowest BCUT2D eigenvalue weighted by Crippen LogP contribution is -2.45. The number of hydrogen-bond donors (Lipinski definition) is 1. The van der Waals surface area contributed by atoms with Crippen LogP contribution in [0.25, 0.3) is 0 Å². The van der Waals surface area contributed by atoms with Crippen LogP contribution in [0.2, 0.25) is 0 Å². The van der Waals surface area contributed by atoms with Crippen LogP contribution >= 0.6 is 0 Å². The summed E-state index contributed by atoms with van der Waals surface area (Å²) in [4.78, 5) is 0.323. The predicted octanol–water partition coefficient (Wildman–Crippen LogP) is 2.91. The van der Waals surface area contributed by atoms with Gasteiger partial charge in [0.25, 0.3) is 0 Å². The van der Waals surface area contributed by atoms with Crippen molar-refractivity contribution in [3.8, 4) is 0 Å². The molecule has 1 aromatic carbocycles. The molecule has 2 rings (SSSR count). The van der Waals surface area contributed by atoms with Crippen molar-refractivity contribution >= 4 is 10.0 Å². The molecule has 1 aliphatic rings. The summed E-state index contributed by atoms with van der Waals surface area (Å²) in [5.74, 6) is 0. The van der Waals surface area contributed by atoms with Gasteiger partial charge in [-0.25, -0.2) is 8.42 Å². The van der Waals surface area contributed by atoms with Crippen LogP contribution in [-0.2, 0) is 15.4 Å². The molecule has 1 heterocycles. The normalized spacial score (nSPS) is 21.0. The third-order valence-electron chi connectivity index (χ3n) is 4.91. The maximum absolute atomic E-state index is 12.8. The highest BCUT2D eigenvalue weighted by Crippen LogP contribution is 2.29. The fourth-order valence-corrected chi connectivity index (χ4v) is 4.58. The van der Waals surface area contributed by atoms with Crippen molar-refractivity contribution in [1.29, 1.82) is 0 Å². The number of hydrogen-bond acceptors (Lipinski definition) is 3. The Morgan fingerprint density at radius 1 is 1.23 bits per heavy atom. The molecule has 0 spiro atoms. The first-order chi connectivity index (χ1) is 10.3. The number of aliphatic hydroxyl groups is 1. The van der Waals surface area contributed by atoms with Crippen molar-refractivity contribution < 1.29 is 13.5 Å². The number of rotatable bonds is 5. The largest absolute Gasteiger partial charge is 0.395 e. The molecule has 1 saturated heterocycles. The first-order valence-electron chi connectivity index (χ1n) is 8.06. The van der Waals surface area contributed by atoms with E-state index < -0.39 is 10.0 Å². The summed E-state index contributed by atoms with van der Waals surface area (Å²) in [6, 6.07) is 6.93. The molecule has 1 aromatic rings. The van der Waals surface area contributed by atoms with E-state index in [0.29, 0.717) is 11.4 Å². The smallest absolute Gasteiger partial charge is 0.243 e. The van der Waals surface area contributed by atoms with Crippen molar-refractivity contribution in [1.82, 2.24) is 4.31 Å². The first kappa shape index (κ1) is 17.4. The van der Waals surface area contributed by atoms with Gasteiger partial charge in [0.15, 0.2) is 0 Å². The van der Waals surface area contributed by atoms with Crippen LogP contribution in [0.4, 0.5) is 0 Å². The summed E-state index contributed by atoms with van der Waals surface area (Å²) in [6.07, 6.45) is 3.56. The standard InChI is InChI=1S/C17H27NO3S/c1-4-17(2,3)14-8-10-16(11-9-14)22(20,21)18-12-6-5-7-15(18)13-19/h8-11,15,19H,4-7,12-13H2,1-3H3. The highest BCUT2D eigenvalue weighted by molar-refractivity contribution is 7.89. The number of piperidine rings is 1. The van der Waals surface area contributed by atoms with Crippen LogP contribution in [0.1, 0.15) is 52.0 Å². The molecule has 1 unspecified atom stereocenters. The van der Waals surface area contributed by atoms with Gasteiger partial charge in [0.2, 0.25) is 10.0 Å². The van der Waals surface area contributed by atoms with Crippen LogP contribution in [0.5, 0.6) is 0 Å². The first-order valence-corrected chi connectivity index (χ1v) is 9.50. The van der Waals surface area contributed by atoms with Gasteiger partial charge >= 0.3 is 0 Å². The highest BCUT2D eigenvalue weighted by atomic mass is 32.2. The van der Waals surface area contributed by atoms with Gasteiger partial charge in [-0.1, -0.05) is 39.3 Å². The molecule has 0 amide bonds. The van der Waals surface area contributed by atoms with E-state index in [4.69, 9.17) is 0 Å². The third-order valence-corrected chi connectivity index (χ3v) is 6.88. The second kappa shape index (κ2) is 6.69. The molecular weight excluding hydrogens is 298 g/mol. The van der Waals surface area contributed by atoms with Crippen molar-refractivity contribution in [2.45, 2.75) is 62.8 Å². The minimum absolute atomic E-state index is 0.0427. The molecule has 5 heteroatoms. The van der Waals surface area contributed by atoms with Crippen LogP contribution in [0, 0.1) is 0 Å². The van der Waals surface area contributed by atoms with Crippen molar-refractivity contribution in [3.63, 3.8) is 0 Å². The quantitative estimate of drug-likeness (QED) is 0.905. The van der Waals surface area contributed by atoms with Gasteiger partial charge in [-0.2, -0.15) is 4.31 Å². The van der Waals surface area contributed by atoms with Gasteiger partial charge in [-0.3, -0.25) is 0 Å². The van der Waals surface area contributed by atoms with E-state index in [1.807, 2.05) is 12.1 Å². The lowest BCUT2D eigenvalue weighted by Gasteiger charge is -2.33. The van der Waals surface area contributed by atoms with E-state index in [9.17, 15) is 13.5 Å². The lowest BCUT2D eigenvalue weighted by molar-refractivity contribution is 0.155. The van der Waals surface area contributed by atoms with Gasteiger partial charge in [-0.15, -0.1) is 0 Å². The summed E-state index contributed by atoms with van der Waals surface area (Å²) in [5, 5.41) is 9.45. The summed E-state index contributed by atoms with van der Waals surface area (Å²) in [7, 11) is -3.52. The van der Waals surface area contributed by atoms with Crippen molar-refractivity contribution in [3.05, 3.63) is 29.8 Å². The fourth-order valence-electron chi connectivity index (χ4n) is 2.89. The molecule has 1 fully saturated rings. The van der Waals surface area contributed by atoms with Gasteiger partial charge < -0.3 is 5.11 Å². The Hall–Kier alpha value is -0.910. The minimum Gasteiger partial charge on any atom is -0.395 e. The van der Waals surface area contributed by atoms with E-state index in [1.165, 1.54) is 4.31 Å². The lowest BCUT2D eigenvalue weighted by atomic mass is 9.82. The van der Waals surface area contributed by atoms with Gasteiger partial charge in [0.05, 0.1) is 11.5 Å². The summed E-state index contributed by atoms with van der Waals surface area (Å²) in [6.45, 7) is 6.83. The molecule has 1 atom stereocenters. The molecule has 124 valence electrons. The Balaban J connectivity index is 2.30. The molecule has 0 aromatic heterocycles. The molecule has 1 aliphatic heterocycles. The van der Waals surface area contributed by atoms with Gasteiger partial charge in [0.1, 0.15) is 0 Å². The SMILES string of the molecule is CCC(C)(C)c1ccc(S(=O)(=O)N2CCCCC2CO)cc1. The molecule has 0 aliphatic carbocycles. The summed E-state index contributed by atoms with van der Waals surface area (Å²) in [5.41, 5.74) is 1.19. The Morgan fingerprint density at radius 2 is 1.86 bits per heavy atom. The van der Waals surface area contributed by atoms with E-state index in [0.717, 1.165) is 31.2 Å².